The summed E-state index contributed by atoms with van der Waals surface area (Å²) in [6.07, 6.45) is 1.90. The number of methoxy groups -OCH3 is 1. The van der Waals surface area contributed by atoms with Gasteiger partial charge in [-0.2, -0.15) is 0 Å². The van der Waals surface area contributed by atoms with Crippen LogP contribution in [0.5, 0.6) is 5.75 Å². The number of nitrogens with zero attached hydrogens (tertiary/aromatic N) is 2. The molecule has 1 aliphatic carbocycles. The third-order valence-electron chi connectivity index (χ3n) is 7.20. The minimum absolute atomic E-state index is 0.204. The zero-order valence-corrected chi connectivity index (χ0v) is 24.2. The van der Waals surface area contributed by atoms with Gasteiger partial charge in [-0.05, 0) is 64.8 Å². The number of carboxylic acids is 1. The molecule has 1 aliphatic rings. The third kappa shape index (κ3) is 4.89. The van der Waals surface area contributed by atoms with Crippen LogP contribution >= 0.6 is 21.6 Å². The second-order valence-electron chi connectivity index (χ2n) is 10.5. The smallest absolute Gasteiger partial charge is 0.402 e. The van der Waals surface area contributed by atoms with Crippen molar-refractivity contribution in [3.05, 3.63) is 46.8 Å². The Morgan fingerprint density at radius 1 is 1.21 bits per heavy atom. The third-order valence-corrected chi connectivity index (χ3v) is 9.86. The van der Waals surface area contributed by atoms with Gasteiger partial charge in [0.25, 0.3) is 0 Å². The zero-order chi connectivity index (χ0) is 28.0. The van der Waals surface area contributed by atoms with Gasteiger partial charge >= 0.3 is 11.9 Å². The van der Waals surface area contributed by atoms with Crippen LogP contribution in [-0.2, 0) is 31.0 Å². The van der Waals surface area contributed by atoms with E-state index < -0.39 is 28.6 Å². The number of aliphatic carboxylic acids is 1. The first kappa shape index (κ1) is 28.0. The van der Waals surface area contributed by atoms with E-state index in [9.17, 15) is 14.4 Å². The Morgan fingerprint density at radius 3 is 2.50 bits per heavy atom. The van der Waals surface area contributed by atoms with Crippen molar-refractivity contribution in [3.63, 3.8) is 0 Å². The van der Waals surface area contributed by atoms with Crippen molar-refractivity contribution in [1.82, 2.24) is 15.3 Å². The van der Waals surface area contributed by atoms with Crippen molar-refractivity contribution in [2.45, 2.75) is 63.4 Å². The molecule has 4 rings (SSSR count). The number of carboxylic acid groups (broad SMARTS) is 1. The van der Waals surface area contributed by atoms with Gasteiger partial charge in [0.1, 0.15) is 23.5 Å². The molecular formula is C27H33N4O5S2+. The molecule has 202 valence electrons. The SMILES string of the molecule is COc1cc[n+](-c2nc3cc4c(cc3[nH]2)C(C)(C)C(=O)C4(C)C)c(CSSC(C)C(=O)NCC(=O)O)c1C. The lowest BCUT2D eigenvalue weighted by Crippen LogP contribution is -2.37. The van der Waals surface area contributed by atoms with E-state index in [1.54, 1.807) is 14.0 Å². The largest absolute Gasteiger partial charge is 0.496 e. The number of ketones is 1. The average Bonchev–Trinajstić information content (AvgIpc) is 3.34. The highest BCUT2D eigenvalue weighted by molar-refractivity contribution is 8.76. The lowest BCUT2D eigenvalue weighted by Gasteiger charge is -2.21. The molecule has 3 N–H and O–H groups in total. The molecule has 38 heavy (non-hydrogen) atoms. The summed E-state index contributed by atoms with van der Waals surface area (Å²) in [4.78, 5) is 44.3. The minimum Gasteiger partial charge on any atom is -0.496 e. The number of pyridine rings is 1. The van der Waals surface area contributed by atoms with Gasteiger partial charge in [-0.1, -0.05) is 26.6 Å². The highest BCUT2D eigenvalue weighted by atomic mass is 33.1. The predicted octanol–water partition coefficient (Wildman–Crippen LogP) is 3.77. The maximum atomic E-state index is 13.1. The molecule has 1 atom stereocenters. The van der Waals surface area contributed by atoms with Crippen LogP contribution in [0.25, 0.3) is 17.0 Å². The molecule has 0 saturated heterocycles. The fourth-order valence-corrected chi connectivity index (χ4v) is 7.36. The van der Waals surface area contributed by atoms with Gasteiger partial charge in [0, 0.05) is 22.5 Å². The van der Waals surface area contributed by atoms with E-state index in [2.05, 4.69) is 10.3 Å². The second kappa shape index (κ2) is 10.3. The number of H-pyrrole nitrogens is 1. The highest BCUT2D eigenvalue weighted by Gasteiger charge is 2.50. The van der Waals surface area contributed by atoms with Gasteiger partial charge in [-0.15, -0.1) is 0 Å². The van der Waals surface area contributed by atoms with Crippen LogP contribution in [0.2, 0.25) is 0 Å². The summed E-state index contributed by atoms with van der Waals surface area (Å²) in [6.45, 7) is 11.2. The number of benzene rings is 1. The topological polar surface area (TPSA) is 125 Å². The summed E-state index contributed by atoms with van der Waals surface area (Å²) in [7, 11) is 4.49. The summed E-state index contributed by atoms with van der Waals surface area (Å²) >= 11 is 0. The van der Waals surface area contributed by atoms with Crippen molar-refractivity contribution >= 4 is 50.3 Å². The minimum atomic E-state index is -1.08. The first-order chi connectivity index (χ1) is 17.8. The molecule has 9 nitrogen and oxygen atoms in total. The number of fused-ring (bicyclic) bond motifs is 2. The number of carbonyl (C=O) groups excluding carboxylic acids is 2. The number of hydrogen-bond acceptors (Lipinski definition) is 7. The lowest BCUT2D eigenvalue weighted by molar-refractivity contribution is -0.610. The van der Waals surface area contributed by atoms with E-state index in [-0.39, 0.29) is 11.7 Å². The Kier molecular flexibility index (Phi) is 7.55. The maximum Gasteiger partial charge on any atom is 0.402 e. The molecule has 3 aromatic rings. The molecular weight excluding hydrogens is 524 g/mol. The van der Waals surface area contributed by atoms with Crippen LogP contribution in [0.3, 0.4) is 0 Å². The van der Waals surface area contributed by atoms with E-state index in [1.165, 1.54) is 21.6 Å². The Hall–Kier alpha value is -3.05. The fraction of sp³-hybridized carbons (Fsp3) is 0.444. The predicted molar refractivity (Wildman–Crippen MR) is 149 cm³/mol. The Balaban J connectivity index is 1.66. The number of hydrogen-bond donors (Lipinski definition) is 3. The molecule has 2 heterocycles. The fourth-order valence-electron chi connectivity index (χ4n) is 5.04. The van der Waals surface area contributed by atoms with Gasteiger partial charge in [0.15, 0.2) is 11.3 Å². The number of carbonyl (C=O) groups is 3. The van der Waals surface area contributed by atoms with Gasteiger partial charge in [0.05, 0.1) is 24.3 Å². The summed E-state index contributed by atoms with van der Waals surface area (Å²) in [6, 6.07) is 5.96. The normalized spacial score (nSPS) is 16.3. The number of rotatable bonds is 9. The Morgan fingerprint density at radius 2 is 1.87 bits per heavy atom. The van der Waals surface area contributed by atoms with E-state index in [4.69, 9.17) is 14.8 Å². The van der Waals surface area contributed by atoms with Crippen LogP contribution in [-0.4, -0.2) is 51.6 Å². The van der Waals surface area contributed by atoms with E-state index >= 15 is 0 Å². The molecule has 1 amide bonds. The molecule has 1 unspecified atom stereocenters. The van der Waals surface area contributed by atoms with E-state index in [0.29, 0.717) is 11.7 Å². The molecule has 2 aromatic heterocycles. The second-order valence-corrected chi connectivity index (χ2v) is 13.2. The first-order valence-electron chi connectivity index (χ1n) is 12.2. The van der Waals surface area contributed by atoms with Gasteiger partial charge in [0.2, 0.25) is 5.91 Å². The summed E-state index contributed by atoms with van der Waals surface area (Å²) in [5, 5.41) is 10.8. The number of imidazole rings is 1. The monoisotopic (exact) mass is 557 g/mol. The van der Waals surface area contributed by atoms with Gasteiger partial charge in [-0.25, -0.2) is 9.55 Å². The van der Waals surface area contributed by atoms with Crippen molar-refractivity contribution in [3.8, 4) is 11.7 Å². The molecule has 0 bridgehead atoms. The number of aromatic nitrogens is 3. The molecule has 0 aliphatic heterocycles. The van der Waals surface area contributed by atoms with Crippen molar-refractivity contribution in [2.24, 2.45) is 0 Å². The van der Waals surface area contributed by atoms with E-state index in [0.717, 1.165) is 39.2 Å². The summed E-state index contributed by atoms with van der Waals surface area (Å²) < 4.78 is 7.53. The first-order valence-corrected chi connectivity index (χ1v) is 14.6. The van der Waals surface area contributed by atoms with Crippen LogP contribution in [0.4, 0.5) is 0 Å². The van der Waals surface area contributed by atoms with Crippen LogP contribution in [0, 0.1) is 6.92 Å². The van der Waals surface area contributed by atoms with Gasteiger partial charge in [-0.3, -0.25) is 14.4 Å². The molecule has 0 fully saturated rings. The molecule has 0 saturated carbocycles. The average molecular weight is 558 g/mol. The highest BCUT2D eigenvalue weighted by Crippen LogP contribution is 2.47. The van der Waals surface area contributed by atoms with Crippen molar-refractivity contribution in [2.75, 3.05) is 13.7 Å². The summed E-state index contributed by atoms with van der Waals surface area (Å²) in [5.41, 5.74) is 4.41. The number of nitrogens with one attached hydrogen (secondary N) is 2. The molecule has 0 radical (unpaired) electrons. The van der Waals surface area contributed by atoms with E-state index in [1.807, 2.05) is 63.6 Å². The quantitative estimate of drug-likeness (QED) is 0.268. The van der Waals surface area contributed by atoms with Crippen LogP contribution in [0.15, 0.2) is 24.4 Å². The standard InChI is InChI=1S/C27H32N4O5S2/c1-14-20(13-37-38-15(2)23(34)28-12-22(32)33)31(9-8-21(14)36-7)25-29-18-10-16-17(11-19(18)30-25)27(5,6)24(35)26(16,3)4/h8-11,15H,12-13H2,1-7H3,(H2-,28,29,30,32,33,34)/p+1. The number of ether oxygens (including phenoxy) is 1. The van der Waals surface area contributed by atoms with Crippen molar-refractivity contribution < 1.29 is 28.8 Å². The van der Waals surface area contributed by atoms with Gasteiger partial charge < -0.3 is 15.2 Å². The Labute approximate surface area is 229 Å². The Bertz CT molecular complexity index is 1390. The van der Waals surface area contributed by atoms with Crippen molar-refractivity contribution in [1.29, 1.82) is 0 Å². The molecule has 0 spiro atoms. The molecule has 1 aromatic carbocycles. The number of aromatic amines is 1. The summed E-state index contributed by atoms with van der Waals surface area (Å²) in [5.74, 6) is 0.735. The zero-order valence-electron chi connectivity index (χ0n) is 22.6. The molecule has 11 heteroatoms. The number of Topliss-reactive ketones (excluding diaryl/α,β-unsaturated/α-hetero) is 1. The van der Waals surface area contributed by atoms with Crippen LogP contribution < -0.4 is 14.6 Å². The van der Waals surface area contributed by atoms with Crippen LogP contribution in [0.1, 0.15) is 57.0 Å². The number of amides is 1. The maximum absolute atomic E-state index is 13.1. The lowest BCUT2D eigenvalue weighted by atomic mass is 9.80.